The van der Waals surface area contributed by atoms with Crippen LogP contribution in [-0.4, -0.2) is 48.1 Å². The Morgan fingerprint density at radius 3 is 2.85 bits per heavy atom. The first kappa shape index (κ1) is 12.9. The highest BCUT2D eigenvalue weighted by atomic mass is 16.5. The first-order valence-electron chi connectivity index (χ1n) is 6.53. The van der Waals surface area contributed by atoms with Gasteiger partial charge in [-0.25, -0.2) is 0 Å². The Morgan fingerprint density at radius 1 is 1.45 bits per heavy atom. The number of rotatable bonds is 2. The molecular weight excluding hydrogens is 260 g/mol. The Balaban J connectivity index is 1.92. The molecule has 3 rings (SSSR count). The molecule has 6 heteroatoms. The molecule has 0 spiro atoms. The van der Waals surface area contributed by atoms with Crippen LogP contribution in [0.15, 0.2) is 18.2 Å². The molecule has 2 amide bonds. The number of aliphatic hydroxyl groups is 1. The number of β-amino-alcohol motifs (C(OH)–C–C–N with tert-alkyl or cyclic N) is 1. The van der Waals surface area contributed by atoms with Gasteiger partial charge in [0.05, 0.1) is 19.1 Å². The van der Waals surface area contributed by atoms with Crippen LogP contribution >= 0.6 is 0 Å². The molecule has 0 bridgehead atoms. The van der Waals surface area contributed by atoms with Crippen LogP contribution in [0.25, 0.3) is 0 Å². The zero-order valence-corrected chi connectivity index (χ0v) is 11.1. The van der Waals surface area contributed by atoms with Crippen molar-refractivity contribution in [2.75, 3.05) is 25.5 Å². The number of carbonyl (C=O) groups is 2. The molecule has 0 unspecified atom stereocenters. The van der Waals surface area contributed by atoms with Crippen molar-refractivity contribution < 1.29 is 19.4 Å². The topological polar surface area (TPSA) is 78.9 Å². The highest BCUT2D eigenvalue weighted by molar-refractivity contribution is 6.01. The third-order valence-corrected chi connectivity index (χ3v) is 3.77. The predicted molar refractivity (Wildman–Crippen MR) is 71.6 cm³/mol. The molecule has 2 aliphatic heterocycles. The lowest BCUT2D eigenvalue weighted by molar-refractivity contribution is -0.144. The number of benzene rings is 1. The van der Waals surface area contributed by atoms with Crippen LogP contribution < -0.4 is 10.1 Å². The summed E-state index contributed by atoms with van der Waals surface area (Å²) in [5, 5.41) is 12.1. The zero-order chi connectivity index (χ0) is 14.3. The number of amides is 2. The van der Waals surface area contributed by atoms with Gasteiger partial charge < -0.3 is 20.1 Å². The van der Waals surface area contributed by atoms with Crippen molar-refractivity contribution in [3.05, 3.63) is 23.8 Å². The van der Waals surface area contributed by atoms with Gasteiger partial charge >= 0.3 is 0 Å². The van der Waals surface area contributed by atoms with Gasteiger partial charge in [0.25, 0.3) is 0 Å². The number of carbonyl (C=O) groups excluding carboxylic acids is 2. The van der Waals surface area contributed by atoms with Gasteiger partial charge in [0.1, 0.15) is 5.75 Å². The van der Waals surface area contributed by atoms with Crippen LogP contribution in [0.3, 0.4) is 0 Å². The minimum Gasteiger partial charge on any atom is -0.497 e. The molecule has 106 valence electrons. The van der Waals surface area contributed by atoms with E-state index in [-0.39, 0.29) is 18.2 Å². The number of anilines is 1. The smallest absolute Gasteiger partial charge is 0.230 e. The first-order chi connectivity index (χ1) is 9.58. The van der Waals surface area contributed by atoms with Crippen LogP contribution in [0, 0.1) is 0 Å². The standard InChI is InChI=1S/C14H16N2O4/c1-20-9-2-3-12-10(4-9)11(5-13(18)15-12)14(19)16-6-8(17)7-16/h2-4,8,11,17H,5-7H2,1H3,(H,15,18)/t11-/m0/s1. The second-order valence-electron chi connectivity index (χ2n) is 5.16. The van der Waals surface area contributed by atoms with Crippen molar-refractivity contribution in [1.82, 2.24) is 4.90 Å². The summed E-state index contributed by atoms with van der Waals surface area (Å²) < 4.78 is 5.18. The summed E-state index contributed by atoms with van der Waals surface area (Å²) in [6.07, 6.45) is -0.313. The number of hydrogen-bond acceptors (Lipinski definition) is 4. The van der Waals surface area contributed by atoms with Crippen molar-refractivity contribution in [3.8, 4) is 5.75 Å². The average molecular weight is 276 g/mol. The molecule has 0 aromatic heterocycles. The fourth-order valence-electron chi connectivity index (χ4n) is 2.64. The van der Waals surface area contributed by atoms with Crippen molar-refractivity contribution in [3.63, 3.8) is 0 Å². The van der Waals surface area contributed by atoms with E-state index in [1.54, 1.807) is 30.2 Å². The summed E-state index contributed by atoms with van der Waals surface area (Å²) in [6, 6.07) is 5.28. The molecule has 1 saturated heterocycles. The van der Waals surface area contributed by atoms with Gasteiger partial charge in [-0.1, -0.05) is 0 Å². The molecule has 2 N–H and O–H groups in total. The third kappa shape index (κ3) is 2.12. The fourth-order valence-corrected chi connectivity index (χ4v) is 2.64. The monoisotopic (exact) mass is 276 g/mol. The second-order valence-corrected chi connectivity index (χ2v) is 5.16. The fraction of sp³-hybridized carbons (Fsp3) is 0.429. The number of nitrogens with one attached hydrogen (secondary N) is 1. The maximum atomic E-state index is 12.4. The van der Waals surface area contributed by atoms with Crippen molar-refractivity contribution >= 4 is 17.5 Å². The number of aliphatic hydroxyl groups excluding tert-OH is 1. The van der Waals surface area contributed by atoms with E-state index in [0.717, 1.165) is 5.56 Å². The van der Waals surface area contributed by atoms with Gasteiger partial charge in [0.15, 0.2) is 0 Å². The van der Waals surface area contributed by atoms with E-state index in [1.807, 2.05) is 0 Å². The number of likely N-dealkylation sites (tertiary alicyclic amines) is 1. The average Bonchev–Trinajstić information content (AvgIpc) is 2.41. The summed E-state index contributed by atoms with van der Waals surface area (Å²) >= 11 is 0. The van der Waals surface area contributed by atoms with E-state index >= 15 is 0 Å². The van der Waals surface area contributed by atoms with Crippen molar-refractivity contribution in [1.29, 1.82) is 0 Å². The highest BCUT2D eigenvalue weighted by Crippen LogP contribution is 2.36. The molecule has 0 aliphatic carbocycles. The minimum absolute atomic E-state index is 0.111. The zero-order valence-electron chi connectivity index (χ0n) is 11.1. The summed E-state index contributed by atoms with van der Waals surface area (Å²) in [6.45, 7) is 0.687. The summed E-state index contributed by atoms with van der Waals surface area (Å²) in [4.78, 5) is 25.7. The quantitative estimate of drug-likeness (QED) is 0.815. The maximum absolute atomic E-state index is 12.4. The van der Waals surface area contributed by atoms with Crippen LogP contribution in [0.2, 0.25) is 0 Å². The Kier molecular flexibility index (Phi) is 3.10. The van der Waals surface area contributed by atoms with E-state index in [9.17, 15) is 14.7 Å². The molecule has 2 aliphatic rings. The van der Waals surface area contributed by atoms with Crippen molar-refractivity contribution in [2.24, 2.45) is 0 Å². The predicted octanol–water partition coefficient (Wildman–Crippen LogP) is 0.324. The molecule has 1 aromatic rings. The largest absolute Gasteiger partial charge is 0.497 e. The van der Waals surface area contributed by atoms with Crippen LogP contribution in [0.5, 0.6) is 5.75 Å². The Bertz CT molecular complexity index is 566. The molecule has 0 radical (unpaired) electrons. The number of fused-ring (bicyclic) bond motifs is 1. The second kappa shape index (κ2) is 4.79. The number of hydrogen-bond donors (Lipinski definition) is 2. The number of ether oxygens (including phenoxy) is 1. The van der Waals surface area contributed by atoms with Gasteiger partial charge in [-0.05, 0) is 23.8 Å². The van der Waals surface area contributed by atoms with Crippen LogP contribution in [0.4, 0.5) is 5.69 Å². The van der Waals surface area contributed by atoms with Gasteiger partial charge in [0, 0.05) is 25.2 Å². The number of methoxy groups -OCH3 is 1. The summed E-state index contributed by atoms with van der Waals surface area (Å²) in [5.41, 5.74) is 1.43. The van der Waals surface area contributed by atoms with E-state index in [2.05, 4.69) is 5.32 Å². The molecular formula is C14H16N2O4. The highest BCUT2D eigenvalue weighted by Gasteiger charge is 2.38. The van der Waals surface area contributed by atoms with Gasteiger partial charge in [-0.3, -0.25) is 9.59 Å². The summed E-state index contributed by atoms with van der Waals surface area (Å²) in [5.74, 6) is -0.121. The Morgan fingerprint density at radius 2 is 2.20 bits per heavy atom. The lowest BCUT2D eigenvalue weighted by Gasteiger charge is -2.39. The van der Waals surface area contributed by atoms with Crippen molar-refractivity contribution in [2.45, 2.75) is 18.4 Å². The lowest BCUT2D eigenvalue weighted by Crippen LogP contribution is -2.55. The van der Waals surface area contributed by atoms with E-state index in [0.29, 0.717) is 24.5 Å². The third-order valence-electron chi connectivity index (χ3n) is 3.77. The summed E-state index contributed by atoms with van der Waals surface area (Å²) in [7, 11) is 1.56. The molecule has 6 nitrogen and oxygen atoms in total. The number of nitrogens with zero attached hydrogens (tertiary/aromatic N) is 1. The van der Waals surface area contributed by atoms with Gasteiger partial charge in [-0.15, -0.1) is 0 Å². The SMILES string of the molecule is COc1ccc2c(c1)[C@@H](C(=O)N1CC(O)C1)CC(=O)N2. The Hall–Kier alpha value is -2.08. The molecule has 20 heavy (non-hydrogen) atoms. The lowest BCUT2D eigenvalue weighted by atomic mass is 9.88. The molecule has 0 saturated carbocycles. The van der Waals surface area contributed by atoms with E-state index < -0.39 is 12.0 Å². The van der Waals surface area contributed by atoms with E-state index in [4.69, 9.17) is 4.74 Å². The molecule has 1 aromatic carbocycles. The minimum atomic E-state index is -0.499. The molecule has 1 atom stereocenters. The normalized spacial score (nSPS) is 21.8. The van der Waals surface area contributed by atoms with Crippen LogP contribution in [-0.2, 0) is 9.59 Å². The van der Waals surface area contributed by atoms with Gasteiger partial charge in [0.2, 0.25) is 11.8 Å². The van der Waals surface area contributed by atoms with E-state index in [1.165, 1.54) is 0 Å². The first-order valence-corrected chi connectivity index (χ1v) is 6.53. The maximum Gasteiger partial charge on any atom is 0.230 e. The van der Waals surface area contributed by atoms with Gasteiger partial charge in [-0.2, -0.15) is 0 Å². The molecule has 1 fully saturated rings. The Labute approximate surface area is 116 Å². The molecule has 2 heterocycles. The van der Waals surface area contributed by atoms with Crippen LogP contribution in [0.1, 0.15) is 17.9 Å².